The molecule has 2 saturated heterocycles. The molecule has 0 spiro atoms. The second kappa shape index (κ2) is 11.0. The molecule has 202 valence electrons. The number of fused-ring (bicyclic) bond motifs is 1. The van der Waals surface area contributed by atoms with Gasteiger partial charge in [0.1, 0.15) is 12.5 Å². The maximum atomic E-state index is 13.9. The molecule has 2 aliphatic heterocycles. The van der Waals surface area contributed by atoms with Crippen LogP contribution in [0.25, 0.3) is 0 Å². The van der Waals surface area contributed by atoms with Crippen LogP contribution in [-0.2, 0) is 21.0 Å². The average Bonchev–Trinajstić information content (AvgIpc) is 3.49. The van der Waals surface area contributed by atoms with Crippen molar-refractivity contribution >= 4 is 34.8 Å². The number of para-hydroxylation sites is 1. The Morgan fingerprint density at radius 1 is 0.775 bits per heavy atom. The smallest absolute Gasteiger partial charge is 0.266 e. The number of carbonyl (C=O) groups excluding carboxylic acids is 2. The number of nitrogens with zero attached hydrogens (tertiary/aromatic N) is 2. The monoisotopic (exact) mass is 554 g/mol. The van der Waals surface area contributed by atoms with Crippen molar-refractivity contribution in [2.75, 3.05) is 16.6 Å². The van der Waals surface area contributed by atoms with Crippen molar-refractivity contribution in [1.82, 2.24) is 0 Å². The summed E-state index contributed by atoms with van der Waals surface area (Å²) in [6, 6.07) is 31.0. The number of amides is 2. The van der Waals surface area contributed by atoms with Crippen LogP contribution in [0.3, 0.4) is 0 Å². The van der Waals surface area contributed by atoms with Gasteiger partial charge in [0, 0.05) is 5.02 Å². The number of halogens is 1. The van der Waals surface area contributed by atoms with E-state index < -0.39 is 24.0 Å². The fourth-order valence-corrected chi connectivity index (χ4v) is 5.35. The fraction of sp³-hybridized carbons (Fsp3) is 0.188. The molecule has 0 unspecified atom stereocenters. The molecule has 0 bridgehead atoms. The molecule has 2 heterocycles. The number of hydrogen-bond donors (Lipinski definition) is 0. The topological polar surface area (TPSA) is 68.3 Å². The van der Waals surface area contributed by atoms with Crippen LogP contribution in [0.15, 0.2) is 103 Å². The highest BCUT2D eigenvalue weighted by molar-refractivity contribution is 6.31. The summed E-state index contributed by atoms with van der Waals surface area (Å²) in [5.74, 6) is -0.364. The zero-order chi connectivity index (χ0) is 27.6. The number of rotatable bonds is 8. The van der Waals surface area contributed by atoms with E-state index in [0.29, 0.717) is 35.4 Å². The fourth-order valence-electron chi connectivity index (χ4n) is 5.23. The number of ether oxygens (including phenoxy) is 2. The molecule has 4 aromatic carbocycles. The van der Waals surface area contributed by atoms with Crippen LogP contribution >= 0.6 is 11.6 Å². The van der Waals surface area contributed by atoms with Gasteiger partial charge in [-0.3, -0.25) is 14.4 Å². The second-order valence-electron chi connectivity index (χ2n) is 9.56. The summed E-state index contributed by atoms with van der Waals surface area (Å²) in [7, 11) is 0. The van der Waals surface area contributed by atoms with E-state index in [2.05, 4.69) is 0 Å². The summed E-state index contributed by atoms with van der Waals surface area (Å²) in [6.07, 6.45) is -0.974. The Kier molecular flexibility index (Phi) is 7.15. The van der Waals surface area contributed by atoms with Crippen molar-refractivity contribution in [2.24, 2.45) is 5.92 Å². The first-order valence-corrected chi connectivity index (χ1v) is 13.5. The first kappa shape index (κ1) is 25.9. The van der Waals surface area contributed by atoms with Gasteiger partial charge in [-0.1, -0.05) is 66.2 Å². The molecule has 3 atom stereocenters. The molecule has 0 saturated carbocycles. The Bertz CT molecular complexity index is 1510. The zero-order valence-electron chi connectivity index (χ0n) is 21.8. The summed E-state index contributed by atoms with van der Waals surface area (Å²) in [5, 5.41) is 2.19. The van der Waals surface area contributed by atoms with Crippen LogP contribution in [0.4, 0.5) is 11.4 Å². The van der Waals surface area contributed by atoms with Gasteiger partial charge in [-0.25, -0.2) is 9.96 Å². The maximum Gasteiger partial charge on any atom is 0.266 e. The maximum absolute atomic E-state index is 13.9. The van der Waals surface area contributed by atoms with Crippen molar-refractivity contribution in [1.29, 1.82) is 0 Å². The van der Waals surface area contributed by atoms with Gasteiger partial charge in [-0.15, -0.1) is 0 Å². The third-order valence-corrected chi connectivity index (χ3v) is 7.31. The van der Waals surface area contributed by atoms with Gasteiger partial charge in [-0.05, 0) is 66.6 Å². The number of hydroxylamine groups is 1. The first-order valence-electron chi connectivity index (χ1n) is 13.1. The van der Waals surface area contributed by atoms with Crippen LogP contribution in [0.2, 0.25) is 5.02 Å². The highest BCUT2D eigenvalue weighted by Gasteiger charge is 2.60. The minimum atomic E-state index is -0.974. The van der Waals surface area contributed by atoms with E-state index >= 15 is 0 Å². The van der Waals surface area contributed by atoms with Gasteiger partial charge in [-0.2, -0.15) is 0 Å². The lowest BCUT2D eigenvalue weighted by Gasteiger charge is -2.29. The Morgan fingerprint density at radius 3 is 2.17 bits per heavy atom. The molecule has 0 N–H and O–H groups in total. The molecule has 6 rings (SSSR count). The van der Waals surface area contributed by atoms with E-state index in [0.717, 1.165) is 16.8 Å². The molecular formula is C32H27ClN2O5. The molecule has 40 heavy (non-hydrogen) atoms. The Morgan fingerprint density at radius 2 is 1.48 bits per heavy atom. The lowest BCUT2D eigenvalue weighted by Crippen LogP contribution is -2.37. The summed E-state index contributed by atoms with van der Waals surface area (Å²) in [5.41, 5.74) is 3.00. The standard InChI is InChI=1S/C32H27ClN2O5/c1-2-38-27-19-22(13-18-26(27)39-20-21-9-5-3-6-10-21)29-28-30(40-35(29)25-11-7-4-8-12-25)32(37)34(31(28)36)24-16-14-23(33)15-17-24/h3-19,28-30H,2,20H2,1H3/t28-,29+,30-/m0/s1. The lowest BCUT2D eigenvalue weighted by molar-refractivity contribution is -0.126. The molecule has 2 amide bonds. The van der Waals surface area contributed by atoms with Crippen LogP contribution < -0.4 is 19.4 Å². The third kappa shape index (κ3) is 4.78. The van der Waals surface area contributed by atoms with Crippen LogP contribution in [0.1, 0.15) is 24.1 Å². The molecule has 0 aliphatic carbocycles. The summed E-state index contributed by atoms with van der Waals surface area (Å²) in [4.78, 5) is 34.9. The zero-order valence-corrected chi connectivity index (χ0v) is 22.5. The summed E-state index contributed by atoms with van der Waals surface area (Å²) < 4.78 is 12.1. The van der Waals surface area contributed by atoms with E-state index in [-0.39, 0.29) is 5.91 Å². The van der Waals surface area contributed by atoms with Gasteiger partial charge in [0.15, 0.2) is 17.6 Å². The number of anilines is 2. The van der Waals surface area contributed by atoms with Crippen molar-refractivity contribution < 1.29 is 23.9 Å². The quantitative estimate of drug-likeness (QED) is 0.236. The van der Waals surface area contributed by atoms with Gasteiger partial charge in [0.2, 0.25) is 5.91 Å². The van der Waals surface area contributed by atoms with E-state index in [1.165, 1.54) is 4.90 Å². The van der Waals surface area contributed by atoms with Crippen LogP contribution in [0, 0.1) is 5.92 Å². The predicted octanol–water partition coefficient (Wildman–Crippen LogP) is 6.37. The molecule has 0 aromatic heterocycles. The molecule has 7 nitrogen and oxygen atoms in total. The SMILES string of the molecule is CCOc1cc([C@@H]2[C@@H]3C(=O)N(c4ccc(Cl)cc4)C(=O)[C@H]3ON2c2ccccc2)ccc1OCc1ccccc1. The average molecular weight is 555 g/mol. The van der Waals surface area contributed by atoms with E-state index in [1.807, 2.05) is 85.8 Å². The summed E-state index contributed by atoms with van der Waals surface area (Å²) >= 11 is 6.05. The molecule has 0 radical (unpaired) electrons. The highest BCUT2D eigenvalue weighted by Crippen LogP contribution is 2.48. The molecular weight excluding hydrogens is 528 g/mol. The van der Waals surface area contributed by atoms with E-state index in [4.69, 9.17) is 25.9 Å². The van der Waals surface area contributed by atoms with Gasteiger partial charge < -0.3 is 9.47 Å². The van der Waals surface area contributed by atoms with Crippen molar-refractivity contribution in [3.63, 3.8) is 0 Å². The lowest BCUT2D eigenvalue weighted by atomic mass is 9.90. The minimum Gasteiger partial charge on any atom is -0.490 e. The second-order valence-corrected chi connectivity index (χ2v) is 10.00. The normalized spacial score (nSPS) is 20.1. The summed E-state index contributed by atoms with van der Waals surface area (Å²) in [6.45, 7) is 2.72. The largest absolute Gasteiger partial charge is 0.490 e. The van der Waals surface area contributed by atoms with E-state index in [9.17, 15) is 9.59 Å². The van der Waals surface area contributed by atoms with Crippen molar-refractivity contribution in [3.05, 3.63) is 119 Å². The van der Waals surface area contributed by atoms with Gasteiger partial charge in [0.05, 0.1) is 24.0 Å². The third-order valence-electron chi connectivity index (χ3n) is 7.06. The van der Waals surface area contributed by atoms with Crippen molar-refractivity contribution in [2.45, 2.75) is 25.7 Å². The Hall–Kier alpha value is -4.33. The number of hydrogen-bond acceptors (Lipinski definition) is 6. The number of carbonyl (C=O) groups is 2. The van der Waals surface area contributed by atoms with Gasteiger partial charge >= 0.3 is 0 Å². The van der Waals surface area contributed by atoms with Crippen molar-refractivity contribution in [3.8, 4) is 11.5 Å². The Balaban J connectivity index is 1.37. The van der Waals surface area contributed by atoms with E-state index in [1.54, 1.807) is 29.3 Å². The number of benzene rings is 4. The minimum absolute atomic E-state index is 0.330. The number of imide groups is 1. The highest BCUT2D eigenvalue weighted by atomic mass is 35.5. The predicted molar refractivity (Wildman–Crippen MR) is 152 cm³/mol. The molecule has 8 heteroatoms. The van der Waals surface area contributed by atoms with Crippen LogP contribution in [-0.4, -0.2) is 24.5 Å². The van der Waals surface area contributed by atoms with Gasteiger partial charge in [0.25, 0.3) is 5.91 Å². The molecule has 2 aliphatic rings. The molecule has 2 fully saturated rings. The van der Waals surface area contributed by atoms with Crippen LogP contribution in [0.5, 0.6) is 11.5 Å². The Labute approximate surface area is 237 Å². The first-order chi connectivity index (χ1) is 19.5. The molecule has 4 aromatic rings.